The zero-order chi connectivity index (χ0) is 16.5. The van der Waals surface area contributed by atoms with Gasteiger partial charge in [-0.05, 0) is 0 Å². The molecule has 0 saturated heterocycles. The second-order valence-corrected chi connectivity index (χ2v) is 18.6. The third kappa shape index (κ3) is 4.01. The first-order valence-electron chi connectivity index (χ1n) is 8.28. The van der Waals surface area contributed by atoms with Crippen LogP contribution < -0.4 is 8.96 Å². The number of aromatic nitrogens is 1. The molecular weight excluding hydrogens is 327 g/mol. The number of nitrogens with zero attached hydrogens (tertiary/aromatic N) is 1. The third-order valence-corrected chi connectivity index (χ3v) is 8.51. The molecule has 0 aliphatic heterocycles. The molecule has 2 heteroatoms. The van der Waals surface area contributed by atoms with Crippen LogP contribution in [-0.4, -0.2) is 13.3 Å². The summed E-state index contributed by atoms with van der Waals surface area (Å²) < 4.78 is 3.82. The maximum atomic E-state index is 2.46. The number of hydrogen-bond donors (Lipinski definition) is 0. The van der Waals surface area contributed by atoms with Gasteiger partial charge >= 0.3 is 139 Å². The van der Waals surface area contributed by atoms with Crippen molar-refractivity contribution in [3.05, 3.63) is 47.7 Å². The zero-order valence-corrected chi connectivity index (χ0v) is 17.3. The van der Waals surface area contributed by atoms with E-state index >= 15 is 0 Å². The van der Waals surface area contributed by atoms with Crippen molar-refractivity contribution in [2.45, 2.75) is 44.5 Å². The summed E-state index contributed by atoms with van der Waals surface area (Å²) in [5, 5.41) is 0. The predicted molar refractivity (Wildman–Crippen MR) is 99.3 cm³/mol. The van der Waals surface area contributed by atoms with Crippen molar-refractivity contribution in [1.82, 2.24) is 0 Å². The fourth-order valence-electron chi connectivity index (χ4n) is 2.92. The second-order valence-electron chi connectivity index (χ2n) is 7.91. The molecule has 0 spiro atoms. The van der Waals surface area contributed by atoms with E-state index in [-0.39, 0.29) is 0 Å². The van der Waals surface area contributed by atoms with Crippen LogP contribution in [0.4, 0.5) is 0 Å². The Hall–Kier alpha value is -1.09. The summed E-state index contributed by atoms with van der Waals surface area (Å²) in [6.45, 7) is 6.80. The van der Waals surface area contributed by atoms with Crippen molar-refractivity contribution in [3.63, 3.8) is 0 Å². The molecule has 0 amide bonds. The van der Waals surface area contributed by atoms with Gasteiger partial charge in [-0.25, -0.2) is 0 Å². The first-order valence-corrected chi connectivity index (χ1v) is 15.6. The first kappa shape index (κ1) is 17.3. The molecule has 1 nitrogen and oxygen atoms in total. The first-order chi connectivity index (χ1) is 10.2. The molecule has 0 N–H and O–H groups in total. The molecule has 0 bridgehead atoms. The summed E-state index contributed by atoms with van der Waals surface area (Å²) in [7, 11) is 2.15. The predicted octanol–water partition coefficient (Wildman–Crippen LogP) is 4.23. The molecule has 2 aromatic rings. The Bertz CT molecular complexity index is 666. The van der Waals surface area contributed by atoms with Crippen molar-refractivity contribution in [2.75, 3.05) is 0 Å². The van der Waals surface area contributed by atoms with E-state index in [1.165, 1.54) is 22.4 Å². The molecule has 2 rings (SSSR count). The van der Waals surface area contributed by atoms with Gasteiger partial charge in [-0.1, -0.05) is 0 Å². The monoisotopic (exact) mass is 358 g/mol. The van der Waals surface area contributed by atoms with Crippen molar-refractivity contribution in [1.29, 1.82) is 0 Å². The summed E-state index contributed by atoms with van der Waals surface area (Å²) in [6.07, 6.45) is 3.38. The molecule has 0 atom stereocenters. The minimum atomic E-state index is -1.79. The van der Waals surface area contributed by atoms with Crippen molar-refractivity contribution < 1.29 is 4.57 Å². The van der Waals surface area contributed by atoms with Crippen LogP contribution in [0, 0.1) is 12.8 Å². The van der Waals surface area contributed by atoms with E-state index in [1.54, 1.807) is 4.40 Å². The van der Waals surface area contributed by atoms with Crippen LogP contribution >= 0.6 is 0 Å². The number of benzene rings is 1. The fraction of sp³-hybridized carbons (Fsp3) is 0.450. The van der Waals surface area contributed by atoms with Crippen LogP contribution in [0.3, 0.4) is 0 Å². The van der Waals surface area contributed by atoms with Gasteiger partial charge in [0.1, 0.15) is 0 Å². The van der Waals surface area contributed by atoms with E-state index < -0.39 is 13.3 Å². The zero-order valence-electron chi connectivity index (χ0n) is 15.2. The Balaban J connectivity index is 2.48. The van der Waals surface area contributed by atoms with Gasteiger partial charge in [-0.2, -0.15) is 0 Å². The molecule has 118 valence electrons. The Kier molecular flexibility index (Phi) is 5.16. The third-order valence-electron chi connectivity index (χ3n) is 4.23. The quantitative estimate of drug-likeness (QED) is 0.570. The van der Waals surface area contributed by atoms with E-state index in [0.717, 1.165) is 6.42 Å². The molecule has 1 aromatic heterocycles. The number of rotatable bonds is 4. The van der Waals surface area contributed by atoms with Gasteiger partial charge < -0.3 is 0 Å². The molecule has 1 heterocycles. The van der Waals surface area contributed by atoms with E-state index in [4.69, 9.17) is 0 Å². The van der Waals surface area contributed by atoms with Gasteiger partial charge in [0.05, 0.1) is 0 Å². The van der Waals surface area contributed by atoms with Crippen LogP contribution in [0.15, 0.2) is 36.5 Å². The van der Waals surface area contributed by atoms with Gasteiger partial charge in [-0.3, -0.25) is 0 Å². The van der Waals surface area contributed by atoms with Crippen LogP contribution in [0.2, 0.25) is 17.3 Å². The Labute approximate surface area is 138 Å². The van der Waals surface area contributed by atoms with Crippen LogP contribution in [0.25, 0.3) is 11.3 Å². The molecule has 0 aliphatic rings. The summed E-state index contributed by atoms with van der Waals surface area (Å²) in [4.78, 5) is 0. The molecule has 0 aliphatic carbocycles. The van der Waals surface area contributed by atoms with Crippen LogP contribution in [-0.2, 0) is 13.5 Å². The Morgan fingerprint density at radius 3 is 2.27 bits per heavy atom. The van der Waals surface area contributed by atoms with Crippen LogP contribution in [0.1, 0.15) is 25.0 Å². The molecule has 0 radical (unpaired) electrons. The van der Waals surface area contributed by atoms with Gasteiger partial charge in [0.25, 0.3) is 0 Å². The van der Waals surface area contributed by atoms with E-state index in [2.05, 4.69) is 86.2 Å². The van der Waals surface area contributed by atoms with Gasteiger partial charge in [0.2, 0.25) is 0 Å². The Morgan fingerprint density at radius 1 is 1.05 bits per heavy atom. The average molecular weight is 357 g/mol. The summed E-state index contributed by atoms with van der Waals surface area (Å²) >= 11 is -1.79. The van der Waals surface area contributed by atoms with Crippen LogP contribution in [0.5, 0.6) is 0 Å². The SMILES string of the molecule is Cc1cc(CC(C)C)ccc1-c1c[c]([Ge]([CH3])([CH3])[CH3])cc[n+]1C. The standard InChI is InChI=1S/C20H30GeN/c1-15(2)12-17-8-9-19(16(3)13-17)20-14-18(21(4,5)6)10-11-22(20)7/h8-11,13-15H,12H2,1-7H3/q+1. The van der Waals surface area contributed by atoms with Crippen molar-refractivity contribution in [3.8, 4) is 11.3 Å². The molecule has 0 saturated carbocycles. The molecule has 0 fully saturated rings. The number of hydrogen-bond acceptors (Lipinski definition) is 0. The summed E-state index contributed by atoms with van der Waals surface area (Å²) in [6, 6.07) is 11.7. The normalized spacial score (nSPS) is 12.0. The second kappa shape index (κ2) is 6.58. The number of aryl methyl sites for hydroxylation is 2. The minimum absolute atomic E-state index is 0.707. The molecule has 22 heavy (non-hydrogen) atoms. The van der Waals surface area contributed by atoms with Gasteiger partial charge in [0.15, 0.2) is 0 Å². The van der Waals surface area contributed by atoms with Crippen molar-refractivity contribution in [2.24, 2.45) is 13.0 Å². The van der Waals surface area contributed by atoms with Gasteiger partial charge in [0, 0.05) is 0 Å². The fourth-order valence-corrected chi connectivity index (χ4v) is 5.32. The molecule has 0 unspecified atom stereocenters. The van der Waals surface area contributed by atoms with Crippen molar-refractivity contribution >= 4 is 17.7 Å². The van der Waals surface area contributed by atoms with E-state index in [9.17, 15) is 0 Å². The van der Waals surface area contributed by atoms with E-state index in [1.807, 2.05) is 0 Å². The molecule has 1 aromatic carbocycles. The average Bonchev–Trinajstić information content (AvgIpc) is 2.38. The number of pyridine rings is 1. The topological polar surface area (TPSA) is 3.88 Å². The maximum absolute atomic E-state index is 2.46. The van der Waals surface area contributed by atoms with Gasteiger partial charge in [-0.15, -0.1) is 0 Å². The summed E-state index contributed by atoms with van der Waals surface area (Å²) in [5.74, 6) is 8.08. The Morgan fingerprint density at radius 2 is 1.73 bits per heavy atom. The molecular formula is C20H30GeN+. The summed E-state index contributed by atoms with van der Waals surface area (Å²) in [5.41, 5.74) is 5.53. The van der Waals surface area contributed by atoms with E-state index in [0.29, 0.717) is 5.92 Å².